The van der Waals surface area contributed by atoms with Crippen LogP contribution in [-0.4, -0.2) is 65.3 Å². The maximum Gasteiger partial charge on any atom is 0.323 e. The number of thiazole rings is 1. The summed E-state index contributed by atoms with van der Waals surface area (Å²) in [5.41, 5.74) is 0.919. The van der Waals surface area contributed by atoms with Crippen LogP contribution in [0.25, 0.3) is 10.2 Å². The predicted octanol–water partition coefficient (Wildman–Crippen LogP) is 2.61. The number of amides is 2. The molecule has 2 aromatic rings. The Morgan fingerprint density at radius 2 is 2.17 bits per heavy atom. The minimum absolute atomic E-state index is 0.0643. The zero-order chi connectivity index (χ0) is 16.9. The van der Waals surface area contributed by atoms with Gasteiger partial charge >= 0.3 is 6.03 Å². The van der Waals surface area contributed by atoms with Crippen LogP contribution >= 0.6 is 11.3 Å². The number of anilines is 1. The number of aliphatic hydroxyl groups excluding tert-OH is 1. The summed E-state index contributed by atoms with van der Waals surface area (Å²) in [5, 5.41) is 12.5. The number of hydrogen-bond acceptors (Lipinski definition) is 5. The standard InChI is InChI=1S/C17H24N4O2S/c1-20(9-4-12-22)13-7-10-21(11-8-13)17(23)19-16-18-14-5-2-3-6-15(14)24-16/h2-3,5-6,13,22H,4,7-12H2,1H3,(H,18,19,23). The molecule has 0 atom stereocenters. The minimum atomic E-state index is -0.0643. The molecule has 24 heavy (non-hydrogen) atoms. The van der Waals surface area contributed by atoms with E-state index in [0.717, 1.165) is 49.1 Å². The Morgan fingerprint density at radius 1 is 1.42 bits per heavy atom. The number of fused-ring (bicyclic) bond motifs is 1. The van der Waals surface area contributed by atoms with Crippen molar-refractivity contribution in [3.63, 3.8) is 0 Å². The average molecular weight is 348 g/mol. The van der Waals surface area contributed by atoms with Crippen LogP contribution in [-0.2, 0) is 0 Å². The summed E-state index contributed by atoms with van der Waals surface area (Å²) in [6.07, 6.45) is 2.74. The molecule has 1 aliphatic heterocycles. The Bertz CT molecular complexity index is 649. The van der Waals surface area contributed by atoms with Crippen LogP contribution in [0.2, 0.25) is 0 Å². The Labute approximate surface area is 146 Å². The molecule has 1 aliphatic rings. The van der Waals surface area contributed by atoms with Crippen molar-refractivity contribution in [2.75, 3.05) is 38.6 Å². The van der Waals surface area contributed by atoms with Crippen molar-refractivity contribution in [3.8, 4) is 0 Å². The van der Waals surface area contributed by atoms with Gasteiger partial charge in [0.15, 0.2) is 5.13 Å². The number of aromatic nitrogens is 1. The summed E-state index contributed by atoms with van der Waals surface area (Å²) in [6.45, 7) is 2.64. The third-order valence-electron chi connectivity index (χ3n) is 4.55. The summed E-state index contributed by atoms with van der Waals surface area (Å²) in [7, 11) is 2.09. The van der Waals surface area contributed by atoms with Crippen molar-refractivity contribution < 1.29 is 9.90 Å². The number of carbonyl (C=O) groups excluding carboxylic acids is 1. The van der Waals surface area contributed by atoms with Gasteiger partial charge in [0.2, 0.25) is 0 Å². The first-order valence-electron chi connectivity index (χ1n) is 8.40. The van der Waals surface area contributed by atoms with Crippen LogP contribution in [0.15, 0.2) is 24.3 Å². The van der Waals surface area contributed by atoms with Gasteiger partial charge < -0.3 is 14.9 Å². The van der Waals surface area contributed by atoms with Crippen molar-refractivity contribution in [2.45, 2.75) is 25.3 Å². The van der Waals surface area contributed by atoms with E-state index in [2.05, 4.69) is 22.2 Å². The average Bonchev–Trinajstić information content (AvgIpc) is 3.02. The Balaban J connectivity index is 1.51. The number of aliphatic hydroxyl groups is 1. The molecule has 0 aliphatic carbocycles. The number of para-hydroxylation sites is 1. The molecule has 0 spiro atoms. The predicted molar refractivity (Wildman–Crippen MR) is 97.6 cm³/mol. The number of nitrogens with zero attached hydrogens (tertiary/aromatic N) is 3. The van der Waals surface area contributed by atoms with Crippen LogP contribution in [0.4, 0.5) is 9.93 Å². The number of piperidine rings is 1. The van der Waals surface area contributed by atoms with Gasteiger partial charge in [0.1, 0.15) is 0 Å². The molecule has 0 radical (unpaired) electrons. The number of nitrogens with one attached hydrogen (secondary N) is 1. The van der Waals surface area contributed by atoms with Crippen molar-refractivity contribution in [1.29, 1.82) is 0 Å². The van der Waals surface area contributed by atoms with E-state index in [1.54, 1.807) is 0 Å². The second-order valence-corrected chi connectivity index (χ2v) is 7.22. The van der Waals surface area contributed by atoms with Gasteiger partial charge in [0, 0.05) is 32.3 Å². The van der Waals surface area contributed by atoms with Crippen molar-refractivity contribution >= 4 is 32.7 Å². The second kappa shape index (κ2) is 7.92. The first-order valence-corrected chi connectivity index (χ1v) is 9.21. The van der Waals surface area contributed by atoms with Crippen LogP contribution in [0.5, 0.6) is 0 Å². The minimum Gasteiger partial charge on any atom is -0.396 e. The van der Waals surface area contributed by atoms with Gasteiger partial charge in [-0.3, -0.25) is 5.32 Å². The zero-order valence-corrected chi connectivity index (χ0v) is 14.8. The molecule has 0 saturated carbocycles. The summed E-state index contributed by atoms with van der Waals surface area (Å²) >= 11 is 1.50. The van der Waals surface area contributed by atoms with Crippen molar-refractivity contribution in [1.82, 2.24) is 14.8 Å². The molecule has 1 saturated heterocycles. The quantitative estimate of drug-likeness (QED) is 0.871. The number of benzene rings is 1. The van der Waals surface area contributed by atoms with E-state index >= 15 is 0 Å². The molecule has 130 valence electrons. The van der Waals surface area contributed by atoms with E-state index in [9.17, 15) is 4.79 Å². The van der Waals surface area contributed by atoms with Crippen molar-refractivity contribution in [3.05, 3.63) is 24.3 Å². The van der Waals surface area contributed by atoms with Crippen LogP contribution in [0.3, 0.4) is 0 Å². The maximum atomic E-state index is 12.4. The molecule has 2 heterocycles. The summed E-state index contributed by atoms with van der Waals surface area (Å²) < 4.78 is 1.08. The monoisotopic (exact) mass is 348 g/mol. The SMILES string of the molecule is CN(CCCO)C1CCN(C(=O)Nc2nc3ccccc3s2)CC1. The number of carbonyl (C=O) groups is 1. The lowest BCUT2D eigenvalue weighted by molar-refractivity contribution is 0.134. The fourth-order valence-electron chi connectivity index (χ4n) is 3.11. The van der Waals surface area contributed by atoms with E-state index in [4.69, 9.17) is 5.11 Å². The lowest BCUT2D eigenvalue weighted by Gasteiger charge is -2.36. The number of urea groups is 1. The molecule has 0 unspecified atom stereocenters. The smallest absolute Gasteiger partial charge is 0.323 e. The number of hydrogen-bond donors (Lipinski definition) is 2. The Kier molecular flexibility index (Phi) is 5.65. The Hall–Kier alpha value is -1.70. The highest BCUT2D eigenvalue weighted by Crippen LogP contribution is 2.26. The van der Waals surface area contributed by atoms with E-state index in [0.29, 0.717) is 11.2 Å². The highest BCUT2D eigenvalue weighted by atomic mass is 32.1. The number of likely N-dealkylation sites (tertiary alicyclic amines) is 1. The molecule has 1 aromatic carbocycles. The van der Waals surface area contributed by atoms with E-state index in [1.807, 2.05) is 29.2 Å². The van der Waals surface area contributed by atoms with Crippen molar-refractivity contribution in [2.24, 2.45) is 0 Å². The molecule has 1 fully saturated rings. The van der Waals surface area contributed by atoms with Gasteiger partial charge in [-0.15, -0.1) is 0 Å². The topological polar surface area (TPSA) is 68.7 Å². The maximum absolute atomic E-state index is 12.4. The van der Waals surface area contributed by atoms with Gasteiger partial charge in [-0.05, 0) is 38.4 Å². The highest BCUT2D eigenvalue weighted by molar-refractivity contribution is 7.22. The van der Waals surface area contributed by atoms with Gasteiger partial charge in [-0.1, -0.05) is 23.5 Å². The number of rotatable bonds is 5. The molecule has 3 rings (SSSR count). The fraction of sp³-hybridized carbons (Fsp3) is 0.529. The molecule has 2 N–H and O–H groups in total. The highest BCUT2D eigenvalue weighted by Gasteiger charge is 2.25. The third kappa shape index (κ3) is 4.03. The molecule has 2 amide bonds. The summed E-state index contributed by atoms with van der Waals surface area (Å²) in [6, 6.07) is 8.31. The fourth-order valence-corrected chi connectivity index (χ4v) is 3.96. The van der Waals surface area contributed by atoms with Crippen LogP contribution in [0, 0.1) is 0 Å². The molecular formula is C17H24N4O2S. The van der Waals surface area contributed by atoms with Gasteiger partial charge in [0.25, 0.3) is 0 Å². The lowest BCUT2D eigenvalue weighted by Crippen LogP contribution is -2.47. The van der Waals surface area contributed by atoms with Crippen LogP contribution < -0.4 is 5.32 Å². The van der Waals surface area contributed by atoms with E-state index in [1.165, 1.54) is 11.3 Å². The van der Waals surface area contributed by atoms with Crippen LogP contribution in [0.1, 0.15) is 19.3 Å². The molecular weight excluding hydrogens is 324 g/mol. The molecule has 1 aromatic heterocycles. The summed E-state index contributed by atoms with van der Waals surface area (Å²) in [5.74, 6) is 0. The second-order valence-electron chi connectivity index (χ2n) is 6.19. The van der Waals surface area contributed by atoms with Gasteiger partial charge in [-0.25, -0.2) is 9.78 Å². The molecule has 6 nitrogen and oxygen atoms in total. The molecule has 0 bridgehead atoms. The van der Waals surface area contributed by atoms with E-state index < -0.39 is 0 Å². The summed E-state index contributed by atoms with van der Waals surface area (Å²) in [4.78, 5) is 21.0. The first-order chi connectivity index (χ1) is 11.7. The van der Waals surface area contributed by atoms with Gasteiger partial charge in [-0.2, -0.15) is 0 Å². The largest absolute Gasteiger partial charge is 0.396 e. The lowest BCUT2D eigenvalue weighted by atomic mass is 10.0. The Morgan fingerprint density at radius 3 is 2.88 bits per heavy atom. The first kappa shape index (κ1) is 17.1. The molecule has 7 heteroatoms. The zero-order valence-electron chi connectivity index (χ0n) is 13.9. The third-order valence-corrected chi connectivity index (χ3v) is 5.50. The normalized spacial score (nSPS) is 16.0. The van der Waals surface area contributed by atoms with Gasteiger partial charge in [0.05, 0.1) is 10.2 Å². The van der Waals surface area contributed by atoms with E-state index in [-0.39, 0.29) is 12.6 Å².